The summed E-state index contributed by atoms with van der Waals surface area (Å²) < 4.78 is 16.2. The fourth-order valence-corrected chi connectivity index (χ4v) is 24.3. The molecule has 16 aromatic rings. The fourth-order valence-electron chi connectivity index (χ4n) is 14.7. The summed E-state index contributed by atoms with van der Waals surface area (Å²) in [5.41, 5.74) is 11.7. The van der Waals surface area contributed by atoms with Crippen molar-refractivity contribution in [3.63, 3.8) is 0 Å². The number of aliphatic hydroxyl groups is 2. The number of ether oxygens (including phenoxy) is 2. The molecule has 16 aromatic carbocycles. The smallest absolute Gasteiger partial charge is 0.143 e. The van der Waals surface area contributed by atoms with Crippen LogP contribution in [-0.4, -0.2) is 10.2 Å². The maximum Gasteiger partial charge on any atom is 0.143 e. The highest BCUT2D eigenvalue weighted by molar-refractivity contribution is 8.06. The Bertz CT molecular complexity index is 5850. The molecule has 0 fully saturated rings. The van der Waals surface area contributed by atoms with Crippen molar-refractivity contribution in [3.05, 3.63) is 302 Å². The molecular weight excluding hydrogens is 1400 g/mol. The molecule has 0 aliphatic carbocycles. The summed E-state index contributed by atoms with van der Waals surface area (Å²) in [6.45, 7) is -0.319. The number of hydrogen-bond acceptors (Lipinski definition) is 12. The third kappa shape index (κ3) is 10.8. The van der Waals surface area contributed by atoms with E-state index in [2.05, 4.69) is 279 Å². The van der Waals surface area contributed by atoms with Gasteiger partial charge in [0.25, 0.3) is 0 Å². The second-order valence-electron chi connectivity index (χ2n) is 25.3. The van der Waals surface area contributed by atoms with Crippen LogP contribution in [0, 0.1) is 0 Å². The number of fused-ring (bicyclic) bond motifs is 12. The lowest BCUT2D eigenvalue weighted by Crippen LogP contribution is -2.01. The minimum absolute atomic E-state index is 0.159. The Morgan fingerprint density at radius 1 is 0.225 bits per heavy atom. The van der Waals surface area contributed by atoms with E-state index in [9.17, 15) is 10.2 Å². The largest absolute Gasteiger partial charge is 0.455 e. The Balaban J connectivity index is 0.853. The summed E-state index contributed by atoms with van der Waals surface area (Å²) in [7, 11) is 0. The Kier molecular flexibility index (Phi) is 16.0. The summed E-state index contributed by atoms with van der Waals surface area (Å²) in [5.74, 6) is 2.62. The van der Waals surface area contributed by atoms with Crippen LogP contribution in [0.4, 0.5) is 0 Å². The van der Waals surface area contributed by atoms with E-state index in [4.69, 9.17) is 9.47 Å². The lowest BCUT2D eigenvalue weighted by Gasteiger charge is -2.26. The average Bonchev–Trinajstić information content (AvgIpc) is 1.53. The van der Waals surface area contributed by atoms with Crippen LogP contribution < -0.4 is 9.47 Å². The van der Waals surface area contributed by atoms with Crippen molar-refractivity contribution in [3.8, 4) is 78.6 Å². The van der Waals surface area contributed by atoms with E-state index in [0.717, 1.165) is 118 Å². The molecule has 0 aromatic heterocycles. The van der Waals surface area contributed by atoms with Crippen LogP contribution in [0.1, 0.15) is 11.1 Å². The quantitative estimate of drug-likeness (QED) is 0.130. The zero-order valence-corrected chi connectivity index (χ0v) is 60.6. The molecule has 0 spiro atoms. The van der Waals surface area contributed by atoms with Gasteiger partial charge in [-0.1, -0.05) is 276 Å². The summed E-state index contributed by atoms with van der Waals surface area (Å²) in [4.78, 5) is 19.4. The Morgan fingerprint density at radius 2 is 0.520 bits per heavy atom. The van der Waals surface area contributed by atoms with Gasteiger partial charge >= 0.3 is 0 Å². The lowest BCUT2D eigenvalue weighted by molar-refractivity contribution is 0.283. The molecule has 4 aliphatic heterocycles. The molecule has 0 saturated carbocycles. The minimum atomic E-state index is -0.159. The molecule has 0 saturated heterocycles. The molecule has 4 heterocycles. The first kappa shape index (κ1) is 62.6. The van der Waals surface area contributed by atoms with Crippen LogP contribution in [0.25, 0.3) is 98.7 Å². The molecule has 0 amide bonds. The lowest BCUT2D eigenvalue weighted by atomic mass is 9.89. The number of hydrogen-bond donors (Lipinski definition) is 2. The number of benzene rings is 16. The molecule has 102 heavy (non-hydrogen) atoms. The summed E-state index contributed by atoms with van der Waals surface area (Å²) in [6, 6.07) is 105. The zero-order valence-electron chi connectivity index (χ0n) is 54.1. The highest BCUT2D eigenvalue weighted by atomic mass is 32.2. The second-order valence-corrected chi connectivity index (χ2v) is 33.9. The molecule has 0 radical (unpaired) electrons. The van der Waals surface area contributed by atoms with E-state index in [-0.39, 0.29) is 13.2 Å². The van der Waals surface area contributed by atoms with Gasteiger partial charge in [0, 0.05) is 122 Å². The third-order valence-corrected chi connectivity index (χ3v) is 29.8. The summed E-state index contributed by atoms with van der Waals surface area (Å²) in [5, 5.41) is 30.4. The van der Waals surface area contributed by atoms with Gasteiger partial charge in [0.1, 0.15) is 23.0 Å². The minimum Gasteiger partial charge on any atom is -0.455 e. The average molecular weight is 1460 g/mol. The molecular formula is C90H54O4S8. The maximum absolute atomic E-state index is 11.4. The fraction of sp³-hybridized carbons (Fsp3) is 0.0222. The molecule has 0 bridgehead atoms. The first-order valence-electron chi connectivity index (χ1n) is 33.6. The van der Waals surface area contributed by atoms with Crippen LogP contribution in [-0.2, 0) is 13.2 Å². The van der Waals surface area contributed by atoms with Crippen LogP contribution in [0.15, 0.2) is 370 Å². The third-order valence-electron chi connectivity index (χ3n) is 19.4. The first-order chi connectivity index (χ1) is 50.4. The zero-order chi connectivity index (χ0) is 67.5. The van der Waals surface area contributed by atoms with Crippen molar-refractivity contribution in [1.29, 1.82) is 0 Å². The Hall–Kier alpha value is -9.12. The van der Waals surface area contributed by atoms with E-state index >= 15 is 0 Å². The van der Waals surface area contributed by atoms with Gasteiger partial charge in [-0.3, -0.25) is 0 Å². The van der Waals surface area contributed by atoms with Crippen molar-refractivity contribution >= 4 is 137 Å². The summed E-state index contributed by atoms with van der Waals surface area (Å²) in [6.07, 6.45) is 0. The van der Waals surface area contributed by atoms with Gasteiger partial charge in [-0.15, -0.1) is 0 Å². The van der Waals surface area contributed by atoms with E-state index in [0.29, 0.717) is 23.0 Å². The van der Waals surface area contributed by atoms with Gasteiger partial charge in [-0.25, -0.2) is 0 Å². The molecule has 4 aliphatic rings. The van der Waals surface area contributed by atoms with E-state index in [1.54, 1.807) is 47.0 Å². The molecule has 2 N–H and O–H groups in total. The predicted molar refractivity (Wildman–Crippen MR) is 427 cm³/mol. The van der Waals surface area contributed by atoms with Crippen LogP contribution in [0.3, 0.4) is 0 Å². The second kappa shape index (κ2) is 26.0. The number of aliphatic hydroxyl groups excluding tert-OH is 2. The molecule has 12 heteroatoms. The van der Waals surface area contributed by atoms with Crippen LogP contribution in [0.2, 0.25) is 0 Å². The van der Waals surface area contributed by atoms with Crippen molar-refractivity contribution in [1.82, 2.24) is 0 Å². The van der Waals surface area contributed by atoms with E-state index in [1.807, 2.05) is 59.2 Å². The van der Waals surface area contributed by atoms with Gasteiger partial charge in [0.15, 0.2) is 0 Å². The number of rotatable bonds is 11. The van der Waals surface area contributed by atoms with Gasteiger partial charge in [0.05, 0.1) is 13.2 Å². The normalized spacial score (nSPS) is 13.2. The van der Waals surface area contributed by atoms with Crippen LogP contribution >= 0.6 is 94.1 Å². The molecule has 486 valence electrons. The van der Waals surface area contributed by atoms with Crippen molar-refractivity contribution in [2.75, 3.05) is 0 Å². The van der Waals surface area contributed by atoms with Crippen LogP contribution in [0.5, 0.6) is 23.0 Å². The van der Waals surface area contributed by atoms with Crippen molar-refractivity contribution in [2.24, 2.45) is 0 Å². The standard InChI is InChI=1S/C90H54O4S8/c91-49-55-47-67(65-23-15-35-81-89(65)101-77-31-11-7-27-73(77)97-81)85(63-19-3-1-17-57(55)63)93-69-43-39-51-45-53(61-21-13-33-79-87(61)99-75-29-9-5-25-71(75)95-79)37-41-59(51)83(69)84-60-42-38-54(62-22-14-34-80-88(62)100-76-30-10-6-26-72(76)96-80)46-52(60)40-44-70(84)94-86-64-20-4-2-18-58(64)56(50-92)48-68(86)66-24-16-36-82-90(66)102-78-32-12-8-28-74(78)98-82/h1-48,91-92H,49-50H2. The SMILES string of the molecule is OCc1cc(-c2cccc3c2Sc2ccccc2S3)c(Oc2ccc3cc(-c4cccc5c4Sc4ccccc4S5)ccc3c2-c2c(Oc3c(-c4cccc5c4Sc4ccccc4S5)cc(CO)c4ccccc34)ccc3cc(-c4cccc5c4Sc4ccccc4S5)ccc23)c2ccccc12. The Morgan fingerprint density at radius 3 is 0.863 bits per heavy atom. The highest BCUT2D eigenvalue weighted by Crippen LogP contribution is 2.60. The van der Waals surface area contributed by atoms with E-state index < -0.39 is 0 Å². The highest BCUT2D eigenvalue weighted by Gasteiger charge is 2.31. The molecule has 4 nitrogen and oxygen atoms in total. The van der Waals surface area contributed by atoms with E-state index in [1.165, 1.54) is 69.9 Å². The van der Waals surface area contributed by atoms with Gasteiger partial charge < -0.3 is 19.7 Å². The molecule has 20 rings (SSSR count). The monoisotopic (exact) mass is 1450 g/mol. The Labute approximate surface area is 623 Å². The predicted octanol–water partition coefficient (Wildman–Crippen LogP) is 27.7. The van der Waals surface area contributed by atoms with Gasteiger partial charge in [-0.05, 0) is 175 Å². The maximum atomic E-state index is 11.4. The topological polar surface area (TPSA) is 58.9 Å². The van der Waals surface area contributed by atoms with Crippen molar-refractivity contribution in [2.45, 2.75) is 91.5 Å². The van der Waals surface area contributed by atoms with Gasteiger partial charge in [-0.2, -0.15) is 0 Å². The first-order valence-corrected chi connectivity index (χ1v) is 40.1. The van der Waals surface area contributed by atoms with Crippen molar-refractivity contribution < 1.29 is 19.7 Å². The summed E-state index contributed by atoms with van der Waals surface area (Å²) >= 11 is 14.5. The van der Waals surface area contributed by atoms with Gasteiger partial charge in [0.2, 0.25) is 0 Å². The molecule has 0 atom stereocenters. The molecule has 0 unspecified atom stereocenters.